The Kier molecular flexibility index (Phi) is 5.11. The Morgan fingerprint density at radius 2 is 1.85 bits per heavy atom. The molecule has 3 rings (SSSR count). The Bertz CT molecular complexity index is 996. The summed E-state index contributed by atoms with van der Waals surface area (Å²) >= 11 is 12.2. The van der Waals surface area contributed by atoms with E-state index in [1.54, 1.807) is 12.1 Å². The van der Waals surface area contributed by atoms with E-state index < -0.39 is 5.97 Å². The minimum absolute atomic E-state index is 0.0269. The van der Waals surface area contributed by atoms with Crippen LogP contribution in [0.2, 0.25) is 10.0 Å². The molecule has 0 aromatic carbocycles. The lowest BCUT2D eigenvalue weighted by atomic mass is 10.0. The zero-order valence-electron chi connectivity index (χ0n) is 13.8. The number of fused-ring (bicyclic) bond motifs is 1. The van der Waals surface area contributed by atoms with E-state index in [0.29, 0.717) is 32.6 Å². The molecule has 3 aromatic rings. The Hall–Kier alpha value is -2.64. The zero-order valence-corrected chi connectivity index (χ0v) is 15.3. The van der Waals surface area contributed by atoms with Crippen molar-refractivity contribution >= 4 is 40.5 Å². The van der Waals surface area contributed by atoms with Gasteiger partial charge in [0.1, 0.15) is 0 Å². The van der Waals surface area contributed by atoms with Crippen LogP contribution in [0.25, 0.3) is 5.52 Å². The van der Waals surface area contributed by atoms with Gasteiger partial charge < -0.3 is 9.47 Å². The number of aromatic nitrogens is 3. The van der Waals surface area contributed by atoms with Gasteiger partial charge in [0.25, 0.3) is 0 Å². The smallest absolute Gasteiger partial charge is 0.358 e. The van der Waals surface area contributed by atoms with E-state index in [2.05, 4.69) is 14.8 Å². The van der Waals surface area contributed by atoms with Crippen LogP contribution in [-0.2, 0) is 11.2 Å². The molecule has 0 spiro atoms. The van der Waals surface area contributed by atoms with Crippen molar-refractivity contribution in [3.8, 4) is 5.88 Å². The molecule has 0 N–H and O–H groups in total. The maximum atomic E-state index is 12.8. The highest BCUT2D eigenvalue weighted by Crippen LogP contribution is 2.27. The highest BCUT2D eigenvalue weighted by molar-refractivity contribution is 6.36. The maximum absolute atomic E-state index is 12.8. The summed E-state index contributed by atoms with van der Waals surface area (Å²) in [6.07, 6.45) is 2.82. The molecule has 0 unspecified atom stereocenters. The lowest BCUT2D eigenvalue weighted by molar-refractivity contribution is 0.0593. The molecule has 26 heavy (non-hydrogen) atoms. The van der Waals surface area contributed by atoms with Crippen LogP contribution in [0.3, 0.4) is 0 Å². The summed E-state index contributed by atoms with van der Waals surface area (Å²) < 4.78 is 11.3. The molecule has 0 amide bonds. The zero-order chi connectivity index (χ0) is 18.8. The Balaban J connectivity index is 2.08. The van der Waals surface area contributed by atoms with Crippen molar-refractivity contribution in [2.75, 3.05) is 14.2 Å². The number of Topliss-reactive ketones (excluding diaryl/α,β-unsaturated/α-hetero) is 1. The van der Waals surface area contributed by atoms with Crippen LogP contribution < -0.4 is 4.74 Å². The fraction of sp³-hybridized carbons (Fsp3) is 0.176. The first kappa shape index (κ1) is 18.2. The van der Waals surface area contributed by atoms with E-state index in [0.717, 1.165) is 0 Å². The molecule has 0 fully saturated rings. The monoisotopic (exact) mass is 393 g/mol. The summed E-state index contributed by atoms with van der Waals surface area (Å²) in [4.78, 5) is 28.5. The molecule has 0 bridgehead atoms. The molecule has 0 aliphatic rings. The molecule has 0 saturated heterocycles. The molecule has 0 saturated carbocycles. The van der Waals surface area contributed by atoms with E-state index in [4.69, 9.17) is 27.9 Å². The second-order valence-corrected chi connectivity index (χ2v) is 6.10. The second kappa shape index (κ2) is 7.31. The summed E-state index contributed by atoms with van der Waals surface area (Å²) in [5.74, 6) is -0.495. The largest absolute Gasteiger partial charge is 0.481 e. The van der Waals surface area contributed by atoms with E-state index in [9.17, 15) is 9.59 Å². The number of carbonyl (C=O) groups excluding carboxylic acids is 2. The number of esters is 1. The molecular formula is C17H13Cl2N3O4. The molecule has 7 nitrogen and oxygen atoms in total. The Morgan fingerprint density at radius 1 is 1.15 bits per heavy atom. The minimum Gasteiger partial charge on any atom is -0.481 e. The quantitative estimate of drug-likeness (QED) is 0.488. The molecular weight excluding hydrogens is 381 g/mol. The number of pyridine rings is 2. The number of nitrogens with zero attached hydrogens (tertiary/aromatic N) is 3. The number of methoxy groups -OCH3 is 2. The van der Waals surface area contributed by atoms with Crippen molar-refractivity contribution < 1.29 is 19.1 Å². The average molecular weight is 394 g/mol. The lowest BCUT2D eigenvalue weighted by Crippen LogP contribution is -2.08. The highest BCUT2D eigenvalue weighted by atomic mass is 35.5. The molecule has 0 radical (unpaired) electrons. The normalized spacial score (nSPS) is 10.8. The van der Waals surface area contributed by atoms with Crippen molar-refractivity contribution in [1.82, 2.24) is 14.6 Å². The lowest BCUT2D eigenvalue weighted by Gasteiger charge is -2.09. The van der Waals surface area contributed by atoms with Crippen LogP contribution in [0.1, 0.15) is 26.4 Å². The summed E-state index contributed by atoms with van der Waals surface area (Å²) in [5, 5.41) is 4.75. The average Bonchev–Trinajstić information content (AvgIpc) is 3.08. The Labute approximate surface area is 158 Å². The first-order valence-electron chi connectivity index (χ1n) is 7.42. The first-order valence-corrected chi connectivity index (χ1v) is 8.18. The number of hydrogen-bond acceptors (Lipinski definition) is 6. The van der Waals surface area contributed by atoms with Gasteiger partial charge in [-0.15, -0.1) is 0 Å². The molecule has 3 aromatic heterocycles. The minimum atomic E-state index is -0.616. The third kappa shape index (κ3) is 3.23. The number of hydrogen-bond donors (Lipinski definition) is 0. The summed E-state index contributed by atoms with van der Waals surface area (Å²) in [6.45, 7) is 0. The van der Waals surface area contributed by atoms with Crippen LogP contribution in [0, 0.1) is 0 Å². The molecule has 134 valence electrons. The SMILES string of the molecule is COC(=O)c1cc2c(C(=O)Cc3c(Cl)cncc3Cl)ccc(OC)n2n1. The van der Waals surface area contributed by atoms with E-state index in [1.807, 2.05) is 0 Å². The topological polar surface area (TPSA) is 82.8 Å². The van der Waals surface area contributed by atoms with Crippen LogP contribution in [-0.4, -0.2) is 40.6 Å². The Morgan fingerprint density at radius 3 is 2.46 bits per heavy atom. The van der Waals surface area contributed by atoms with Crippen LogP contribution >= 0.6 is 23.2 Å². The van der Waals surface area contributed by atoms with Crippen LogP contribution in [0.5, 0.6) is 5.88 Å². The molecule has 9 heteroatoms. The van der Waals surface area contributed by atoms with Gasteiger partial charge in [0.2, 0.25) is 5.88 Å². The molecule has 3 heterocycles. The summed E-state index contributed by atoms with van der Waals surface area (Å²) in [6, 6.07) is 4.66. The predicted molar refractivity (Wildman–Crippen MR) is 95.4 cm³/mol. The predicted octanol–water partition coefficient (Wildman–Crippen LogP) is 3.26. The standard InChI is InChI=1S/C17H13Cl2N3O4/c1-25-16-4-3-9(14-6-13(17(24)26-2)21-22(14)16)15(23)5-10-11(18)7-20-8-12(10)19/h3-4,6-8H,5H2,1-2H3. The highest BCUT2D eigenvalue weighted by Gasteiger charge is 2.20. The fourth-order valence-electron chi connectivity index (χ4n) is 2.51. The van der Waals surface area contributed by atoms with Crippen molar-refractivity contribution in [3.05, 3.63) is 57.5 Å². The van der Waals surface area contributed by atoms with Gasteiger partial charge in [-0.3, -0.25) is 9.78 Å². The second-order valence-electron chi connectivity index (χ2n) is 5.29. The van der Waals surface area contributed by atoms with Crippen molar-refractivity contribution in [2.45, 2.75) is 6.42 Å². The number of ketones is 1. The van der Waals surface area contributed by atoms with Crippen LogP contribution in [0.4, 0.5) is 0 Å². The van der Waals surface area contributed by atoms with Gasteiger partial charge in [-0.25, -0.2) is 4.79 Å². The van der Waals surface area contributed by atoms with Crippen molar-refractivity contribution in [2.24, 2.45) is 0 Å². The van der Waals surface area contributed by atoms with Gasteiger partial charge in [-0.2, -0.15) is 9.61 Å². The summed E-state index contributed by atoms with van der Waals surface area (Å²) in [7, 11) is 2.72. The molecule has 0 atom stereocenters. The maximum Gasteiger partial charge on any atom is 0.358 e. The van der Waals surface area contributed by atoms with E-state index >= 15 is 0 Å². The first-order chi connectivity index (χ1) is 12.5. The third-order valence-electron chi connectivity index (χ3n) is 3.78. The van der Waals surface area contributed by atoms with Gasteiger partial charge in [0.15, 0.2) is 11.5 Å². The van der Waals surface area contributed by atoms with Gasteiger partial charge in [-0.05, 0) is 12.1 Å². The van der Waals surface area contributed by atoms with Gasteiger partial charge in [0.05, 0.1) is 29.8 Å². The third-order valence-corrected chi connectivity index (χ3v) is 4.43. The molecule has 0 aliphatic carbocycles. The fourth-order valence-corrected chi connectivity index (χ4v) is 3.01. The number of rotatable bonds is 5. The van der Waals surface area contributed by atoms with Crippen LogP contribution in [0.15, 0.2) is 30.6 Å². The number of ether oxygens (including phenoxy) is 2. The van der Waals surface area contributed by atoms with Crippen molar-refractivity contribution in [3.63, 3.8) is 0 Å². The number of carbonyl (C=O) groups is 2. The van der Waals surface area contributed by atoms with Crippen molar-refractivity contribution in [1.29, 1.82) is 0 Å². The van der Waals surface area contributed by atoms with Gasteiger partial charge >= 0.3 is 5.97 Å². The van der Waals surface area contributed by atoms with Gasteiger partial charge in [0, 0.05) is 36.0 Å². The number of halogens is 2. The molecule has 0 aliphatic heterocycles. The summed E-state index contributed by atoms with van der Waals surface area (Å²) in [5.41, 5.74) is 1.30. The van der Waals surface area contributed by atoms with E-state index in [-0.39, 0.29) is 17.9 Å². The van der Waals surface area contributed by atoms with Gasteiger partial charge in [-0.1, -0.05) is 23.2 Å². The van der Waals surface area contributed by atoms with E-state index in [1.165, 1.54) is 37.2 Å².